The van der Waals surface area contributed by atoms with Crippen LogP contribution in [0, 0.1) is 0 Å². The lowest BCUT2D eigenvalue weighted by atomic mass is 9.89. The summed E-state index contributed by atoms with van der Waals surface area (Å²) in [6, 6.07) is 2.25. The predicted octanol–water partition coefficient (Wildman–Crippen LogP) is 3.43. The van der Waals surface area contributed by atoms with Gasteiger partial charge >= 0.3 is 12.9 Å². The minimum Gasteiger partial charge on any atom is -0.415 e. The number of rotatable bonds is 5. The number of nitrogens with one attached hydrogen (secondary N) is 1. The van der Waals surface area contributed by atoms with E-state index in [1.54, 1.807) is 6.92 Å². The molecule has 1 N–H and O–H groups in total. The average Bonchev–Trinajstić information content (AvgIpc) is 3.31. The van der Waals surface area contributed by atoms with Crippen LogP contribution < -0.4 is 5.32 Å². The van der Waals surface area contributed by atoms with Crippen molar-refractivity contribution in [1.82, 2.24) is 19.8 Å². The van der Waals surface area contributed by atoms with Crippen molar-refractivity contribution >= 4 is 15.9 Å². The van der Waals surface area contributed by atoms with Crippen molar-refractivity contribution in [3.05, 3.63) is 29.7 Å². The van der Waals surface area contributed by atoms with Crippen LogP contribution in [0.4, 0.5) is 17.6 Å². The molecule has 4 rings (SSSR count). The molecule has 1 saturated carbocycles. The molecule has 13 heteroatoms. The Morgan fingerprint density at radius 1 is 1.19 bits per heavy atom. The fourth-order valence-corrected chi connectivity index (χ4v) is 6.61. The van der Waals surface area contributed by atoms with Crippen molar-refractivity contribution in [2.24, 2.45) is 0 Å². The fourth-order valence-electron chi connectivity index (χ4n) is 4.43. The van der Waals surface area contributed by atoms with Gasteiger partial charge in [-0.3, -0.25) is 4.79 Å². The molecule has 0 radical (unpaired) electrons. The molecule has 3 atom stereocenters. The molecule has 1 amide bonds. The lowest BCUT2D eigenvalue weighted by Gasteiger charge is -2.39. The number of hydrogen-bond donors (Lipinski definition) is 1. The highest BCUT2D eigenvalue weighted by Crippen LogP contribution is 2.44. The number of sulfonamides is 1. The van der Waals surface area contributed by atoms with E-state index in [4.69, 9.17) is 4.42 Å². The Balaban J connectivity index is 1.68. The number of hydrogen-bond acceptors (Lipinski definition) is 6. The first-order valence-electron chi connectivity index (χ1n) is 9.99. The van der Waals surface area contributed by atoms with E-state index in [1.807, 2.05) is 0 Å². The topological polar surface area (TPSA) is 105 Å². The van der Waals surface area contributed by atoms with E-state index in [0.29, 0.717) is 31.2 Å². The van der Waals surface area contributed by atoms with E-state index in [-0.39, 0.29) is 16.3 Å². The second kappa shape index (κ2) is 8.43. The second-order valence-electron chi connectivity index (χ2n) is 7.78. The Bertz CT molecular complexity index is 1120. The molecule has 32 heavy (non-hydrogen) atoms. The minimum absolute atomic E-state index is 0.0520. The molecule has 1 aliphatic heterocycles. The van der Waals surface area contributed by atoms with Gasteiger partial charge in [0.15, 0.2) is 0 Å². The zero-order chi connectivity index (χ0) is 23.2. The number of carbonyl (C=O) groups is 1. The third-order valence-electron chi connectivity index (χ3n) is 5.86. The first kappa shape index (κ1) is 22.6. The number of carbonyl (C=O) groups excluding carboxylic acids is 1. The maximum atomic E-state index is 13.4. The summed E-state index contributed by atoms with van der Waals surface area (Å²) in [5.41, 5.74) is 0.624. The molecule has 0 saturated heterocycles. The molecule has 8 nitrogen and oxygen atoms in total. The first-order chi connectivity index (χ1) is 15.1. The standard InChI is InChI=1S/C19H20F4N4O4S/c1-9-11-7-6-10(18-25-26-19(31-18)16(22)23)8-14(11)32(29,30)27(9)13-5-3-2-4-12(13)24-17(28)15(20)21/h6-9,12-13,15-16H,2-5H2,1H3,(H,24,28)/t9-,12+,13+/m0/s1. The van der Waals surface area contributed by atoms with Crippen LogP contribution in [0.1, 0.15) is 56.5 Å². The number of aromatic nitrogens is 2. The van der Waals surface area contributed by atoms with E-state index in [0.717, 1.165) is 0 Å². The average molecular weight is 476 g/mol. The van der Waals surface area contributed by atoms with Gasteiger partial charge < -0.3 is 9.73 Å². The summed E-state index contributed by atoms with van der Waals surface area (Å²) < 4.78 is 84.1. The third kappa shape index (κ3) is 3.87. The summed E-state index contributed by atoms with van der Waals surface area (Å²) in [6.45, 7) is 1.67. The number of alkyl halides is 4. The summed E-state index contributed by atoms with van der Waals surface area (Å²) >= 11 is 0. The molecule has 2 aliphatic rings. The van der Waals surface area contributed by atoms with Gasteiger partial charge in [-0.1, -0.05) is 18.9 Å². The monoisotopic (exact) mass is 476 g/mol. The maximum Gasteiger partial charge on any atom is 0.315 e. The third-order valence-corrected chi connectivity index (χ3v) is 7.91. The van der Waals surface area contributed by atoms with Crippen LogP contribution in [-0.4, -0.2) is 47.3 Å². The van der Waals surface area contributed by atoms with Crippen LogP contribution in [0.2, 0.25) is 0 Å². The summed E-state index contributed by atoms with van der Waals surface area (Å²) in [7, 11) is -4.07. The highest BCUT2D eigenvalue weighted by Gasteiger charge is 2.47. The molecule has 1 aromatic heterocycles. The Morgan fingerprint density at radius 3 is 2.56 bits per heavy atom. The molecule has 2 heterocycles. The molecular formula is C19H20F4N4O4S. The van der Waals surface area contributed by atoms with Gasteiger partial charge in [0.2, 0.25) is 15.9 Å². The van der Waals surface area contributed by atoms with Gasteiger partial charge in [0.25, 0.3) is 11.8 Å². The summed E-state index contributed by atoms with van der Waals surface area (Å²) in [5, 5.41) is 9.08. The number of halogens is 4. The number of benzene rings is 1. The normalized spacial score (nSPS) is 25.3. The van der Waals surface area contributed by atoms with Crippen LogP contribution in [0.15, 0.2) is 27.5 Å². The largest absolute Gasteiger partial charge is 0.415 e. The maximum absolute atomic E-state index is 13.4. The first-order valence-corrected chi connectivity index (χ1v) is 11.4. The lowest BCUT2D eigenvalue weighted by Crippen LogP contribution is -2.54. The van der Waals surface area contributed by atoms with Crippen LogP contribution >= 0.6 is 0 Å². The van der Waals surface area contributed by atoms with E-state index >= 15 is 0 Å². The van der Waals surface area contributed by atoms with E-state index in [1.165, 1.54) is 22.5 Å². The van der Waals surface area contributed by atoms with Crippen molar-refractivity contribution < 1.29 is 35.2 Å². The number of amides is 1. The van der Waals surface area contributed by atoms with Gasteiger partial charge in [0.05, 0.1) is 4.90 Å². The van der Waals surface area contributed by atoms with E-state index in [9.17, 15) is 30.8 Å². The minimum atomic E-state index is -4.07. The van der Waals surface area contributed by atoms with Crippen LogP contribution in [0.5, 0.6) is 0 Å². The lowest BCUT2D eigenvalue weighted by molar-refractivity contribution is -0.133. The highest BCUT2D eigenvalue weighted by molar-refractivity contribution is 7.89. The molecule has 0 spiro atoms. The molecule has 1 aliphatic carbocycles. The van der Waals surface area contributed by atoms with E-state index in [2.05, 4.69) is 15.5 Å². The van der Waals surface area contributed by atoms with E-state index < -0.39 is 52.8 Å². The Morgan fingerprint density at radius 2 is 1.91 bits per heavy atom. The second-order valence-corrected chi connectivity index (χ2v) is 9.59. The quantitative estimate of drug-likeness (QED) is 0.663. The number of nitrogens with zero attached hydrogens (tertiary/aromatic N) is 3. The molecule has 174 valence electrons. The molecule has 0 bridgehead atoms. The van der Waals surface area contributed by atoms with Crippen molar-refractivity contribution in [3.63, 3.8) is 0 Å². The highest BCUT2D eigenvalue weighted by atomic mass is 32.2. The van der Waals surface area contributed by atoms with Crippen molar-refractivity contribution in [3.8, 4) is 11.5 Å². The fraction of sp³-hybridized carbons (Fsp3) is 0.526. The SMILES string of the molecule is C[C@H]1c2ccc(-c3nnc(C(F)F)o3)cc2S(=O)(=O)N1[C@@H]1CCCC[C@H]1NC(=O)C(F)F. The van der Waals surface area contributed by atoms with Gasteiger partial charge in [0.1, 0.15) is 0 Å². The van der Waals surface area contributed by atoms with Gasteiger partial charge in [0, 0.05) is 23.7 Å². The molecule has 1 fully saturated rings. The Kier molecular flexibility index (Phi) is 5.96. The van der Waals surface area contributed by atoms with Crippen LogP contribution in [-0.2, 0) is 14.8 Å². The smallest absolute Gasteiger partial charge is 0.315 e. The van der Waals surface area contributed by atoms with Crippen molar-refractivity contribution in [2.45, 2.75) is 68.5 Å². The summed E-state index contributed by atoms with van der Waals surface area (Å²) in [4.78, 5) is 11.5. The Hall–Kier alpha value is -2.54. The van der Waals surface area contributed by atoms with Gasteiger partial charge in [-0.15, -0.1) is 10.2 Å². The van der Waals surface area contributed by atoms with Crippen molar-refractivity contribution in [2.75, 3.05) is 0 Å². The molecular weight excluding hydrogens is 456 g/mol. The van der Waals surface area contributed by atoms with Crippen LogP contribution in [0.25, 0.3) is 11.5 Å². The predicted molar refractivity (Wildman–Crippen MR) is 102 cm³/mol. The zero-order valence-electron chi connectivity index (χ0n) is 16.8. The van der Waals surface area contributed by atoms with Gasteiger partial charge in [-0.25, -0.2) is 8.42 Å². The van der Waals surface area contributed by atoms with Crippen LogP contribution in [0.3, 0.4) is 0 Å². The molecule has 0 unspecified atom stereocenters. The molecule has 1 aromatic carbocycles. The molecule has 2 aromatic rings. The summed E-state index contributed by atoms with van der Waals surface area (Å²) in [5.74, 6) is -2.56. The summed E-state index contributed by atoms with van der Waals surface area (Å²) in [6.07, 6.45) is -4.02. The van der Waals surface area contributed by atoms with Crippen molar-refractivity contribution in [1.29, 1.82) is 0 Å². The Labute approximate surface area is 181 Å². The zero-order valence-corrected chi connectivity index (χ0v) is 17.7. The van der Waals surface area contributed by atoms with Gasteiger partial charge in [-0.2, -0.15) is 21.9 Å². The number of fused-ring (bicyclic) bond motifs is 1. The van der Waals surface area contributed by atoms with Gasteiger partial charge in [-0.05, 0) is 37.5 Å².